The third-order valence-corrected chi connectivity index (χ3v) is 5.84. The molecule has 1 aliphatic heterocycles. The summed E-state index contributed by atoms with van der Waals surface area (Å²) in [5.41, 5.74) is 3.03. The van der Waals surface area contributed by atoms with Gasteiger partial charge in [-0.1, -0.05) is 34.1 Å². The van der Waals surface area contributed by atoms with Gasteiger partial charge in [-0.15, -0.1) is 0 Å². The molecule has 0 radical (unpaired) electrons. The number of anilines is 2. The summed E-state index contributed by atoms with van der Waals surface area (Å²) in [7, 11) is 0. The summed E-state index contributed by atoms with van der Waals surface area (Å²) in [6, 6.07) is 19.6. The first-order valence-corrected chi connectivity index (χ1v) is 10.9. The van der Waals surface area contributed by atoms with Crippen LogP contribution in [0.25, 0.3) is 0 Å². The van der Waals surface area contributed by atoms with E-state index >= 15 is 0 Å². The quantitative estimate of drug-likeness (QED) is 0.537. The maximum absolute atomic E-state index is 12.7. The van der Waals surface area contributed by atoms with Crippen molar-refractivity contribution in [3.8, 4) is 5.75 Å². The fraction of sp³-hybridized carbons (Fsp3) is 0.250. The lowest BCUT2D eigenvalue weighted by Crippen LogP contribution is -2.38. The molecule has 0 spiro atoms. The van der Waals surface area contributed by atoms with E-state index in [2.05, 4.69) is 31.1 Å². The van der Waals surface area contributed by atoms with Gasteiger partial charge in [0.15, 0.2) is 0 Å². The molecular weight excluding hydrogens is 442 g/mol. The number of nitrogens with one attached hydrogen (secondary N) is 1. The number of rotatable bonds is 6. The zero-order valence-corrected chi connectivity index (χ0v) is 18.2. The Morgan fingerprint density at radius 1 is 1.07 bits per heavy atom. The number of nitrogens with zero attached hydrogens (tertiary/aromatic N) is 2. The summed E-state index contributed by atoms with van der Waals surface area (Å²) in [5, 5.41) is 3.06. The standard InChI is InChI=1S/C24H24BrN3O2/c25-20-6-4-18(5-7-20)17-30-23-3-1-2-21(16-23)27-24(29)19-10-14-28(15-11-19)22-8-12-26-13-9-22/h1-9,12-13,16,19H,10-11,14-15,17H2,(H,27,29). The van der Waals surface area contributed by atoms with Crippen LogP contribution in [0.4, 0.5) is 11.4 Å². The average Bonchev–Trinajstić information content (AvgIpc) is 2.80. The highest BCUT2D eigenvalue weighted by atomic mass is 79.9. The summed E-state index contributed by atoms with van der Waals surface area (Å²) in [6.07, 6.45) is 5.29. The molecule has 0 atom stereocenters. The Morgan fingerprint density at radius 2 is 1.80 bits per heavy atom. The van der Waals surface area contributed by atoms with Crippen molar-refractivity contribution in [3.63, 3.8) is 0 Å². The van der Waals surface area contributed by atoms with Gasteiger partial charge in [-0.2, -0.15) is 0 Å². The van der Waals surface area contributed by atoms with E-state index < -0.39 is 0 Å². The van der Waals surface area contributed by atoms with E-state index in [4.69, 9.17) is 4.74 Å². The number of benzene rings is 2. The highest BCUT2D eigenvalue weighted by Crippen LogP contribution is 2.25. The Morgan fingerprint density at radius 3 is 2.53 bits per heavy atom. The second kappa shape index (κ2) is 9.76. The maximum Gasteiger partial charge on any atom is 0.227 e. The number of hydrogen-bond donors (Lipinski definition) is 1. The number of aromatic nitrogens is 1. The van der Waals surface area contributed by atoms with E-state index in [0.29, 0.717) is 6.61 Å². The van der Waals surface area contributed by atoms with E-state index in [1.807, 2.05) is 60.7 Å². The summed E-state index contributed by atoms with van der Waals surface area (Å²) in [5.74, 6) is 0.841. The molecule has 2 aromatic carbocycles. The molecule has 154 valence electrons. The average molecular weight is 466 g/mol. The van der Waals surface area contributed by atoms with Gasteiger partial charge < -0.3 is 15.0 Å². The van der Waals surface area contributed by atoms with Crippen molar-refractivity contribution in [3.05, 3.63) is 83.1 Å². The van der Waals surface area contributed by atoms with Crippen molar-refractivity contribution in [2.24, 2.45) is 5.92 Å². The van der Waals surface area contributed by atoms with Crippen LogP contribution < -0.4 is 15.0 Å². The molecule has 2 heterocycles. The molecule has 1 aliphatic rings. The largest absolute Gasteiger partial charge is 0.489 e. The van der Waals surface area contributed by atoms with Crippen LogP contribution in [-0.2, 0) is 11.4 Å². The molecule has 1 saturated heterocycles. The van der Waals surface area contributed by atoms with Crippen molar-refractivity contribution in [1.29, 1.82) is 0 Å². The van der Waals surface area contributed by atoms with Gasteiger partial charge in [0.1, 0.15) is 12.4 Å². The lowest BCUT2D eigenvalue weighted by molar-refractivity contribution is -0.120. The van der Waals surface area contributed by atoms with Crippen LogP contribution in [0.3, 0.4) is 0 Å². The molecule has 30 heavy (non-hydrogen) atoms. The fourth-order valence-electron chi connectivity index (χ4n) is 3.61. The second-order valence-electron chi connectivity index (χ2n) is 7.40. The zero-order valence-electron chi connectivity index (χ0n) is 16.6. The summed E-state index contributed by atoms with van der Waals surface area (Å²) >= 11 is 3.44. The minimum atomic E-state index is 0.0235. The van der Waals surface area contributed by atoms with Gasteiger partial charge in [0.25, 0.3) is 0 Å². The van der Waals surface area contributed by atoms with Crippen molar-refractivity contribution in [2.75, 3.05) is 23.3 Å². The van der Waals surface area contributed by atoms with Crippen LogP contribution in [0.15, 0.2) is 77.5 Å². The Kier molecular flexibility index (Phi) is 6.64. The molecule has 1 amide bonds. The molecule has 0 aliphatic carbocycles. The van der Waals surface area contributed by atoms with E-state index in [1.165, 1.54) is 5.69 Å². The number of amides is 1. The third-order valence-electron chi connectivity index (χ3n) is 5.31. The van der Waals surface area contributed by atoms with Crippen molar-refractivity contribution >= 4 is 33.2 Å². The van der Waals surface area contributed by atoms with Crippen LogP contribution in [0.2, 0.25) is 0 Å². The van der Waals surface area contributed by atoms with Gasteiger partial charge in [-0.25, -0.2) is 0 Å². The molecule has 3 aromatic rings. The molecule has 4 rings (SSSR count). The summed E-state index contributed by atoms with van der Waals surface area (Å²) in [6.45, 7) is 2.23. The highest BCUT2D eigenvalue weighted by molar-refractivity contribution is 9.10. The predicted octanol–water partition coefficient (Wildman–Crippen LogP) is 5.28. The Labute approximate surface area is 185 Å². The molecule has 1 N–H and O–H groups in total. The number of halogens is 1. The number of hydrogen-bond acceptors (Lipinski definition) is 4. The molecule has 0 unspecified atom stereocenters. The van der Waals surface area contributed by atoms with Gasteiger partial charge >= 0.3 is 0 Å². The van der Waals surface area contributed by atoms with E-state index in [-0.39, 0.29) is 11.8 Å². The fourth-order valence-corrected chi connectivity index (χ4v) is 3.87. The first kappa shape index (κ1) is 20.4. The monoisotopic (exact) mass is 465 g/mol. The summed E-state index contributed by atoms with van der Waals surface area (Å²) in [4.78, 5) is 19.1. The highest BCUT2D eigenvalue weighted by Gasteiger charge is 2.25. The topological polar surface area (TPSA) is 54.5 Å². The van der Waals surface area contributed by atoms with Gasteiger partial charge in [-0.05, 0) is 54.8 Å². The zero-order chi connectivity index (χ0) is 20.8. The summed E-state index contributed by atoms with van der Waals surface area (Å²) < 4.78 is 6.93. The predicted molar refractivity (Wildman–Crippen MR) is 123 cm³/mol. The number of pyridine rings is 1. The number of ether oxygens (including phenoxy) is 1. The van der Waals surface area contributed by atoms with E-state index in [0.717, 1.165) is 47.4 Å². The van der Waals surface area contributed by atoms with Gasteiger partial charge in [-0.3, -0.25) is 9.78 Å². The molecule has 0 bridgehead atoms. The first-order chi connectivity index (χ1) is 14.7. The lowest BCUT2D eigenvalue weighted by atomic mass is 9.95. The minimum Gasteiger partial charge on any atom is -0.489 e. The Bertz CT molecular complexity index is 971. The SMILES string of the molecule is O=C(Nc1cccc(OCc2ccc(Br)cc2)c1)C1CCN(c2ccncc2)CC1. The number of carbonyl (C=O) groups is 1. The lowest BCUT2D eigenvalue weighted by Gasteiger charge is -2.32. The second-order valence-corrected chi connectivity index (χ2v) is 8.31. The van der Waals surface area contributed by atoms with Crippen molar-refractivity contribution < 1.29 is 9.53 Å². The van der Waals surface area contributed by atoms with Crippen molar-refractivity contribution in [1.82, 2.24) is 4.98 Å². The molecule has 5 nitrogen and oxygen atoms in total. The molecule has 1 fully saturated rings. The van der Waals surface area contributed by atoms with E-state index in [9.17, 15) is 4.79 Å². The normalized spacial score (nSPS) is 14.4. The Balaban J connectivity index is 1.29. The van der Waals surface area contributed by atoms with Gasteiger partial charge in [0.05, 0.1) is 0 Å². The van der Waals surface area contributed by atoms with Crippen LogP contribution in [0.1, 0.15) is 18.4 Å². The molecule has 0 saturated carbocycles. The van der Waals surface area contributed by atoms with Crippen LogP contribution in [-0.4, -0.2) is 24.0 Å². The molecule has 6 heteroatoms. The van der Waals surface area contributed by atoms with Crippen molar-refractivity contribution in [2.45, 2.75) is 19.4 Å². The first-order valence-electron chi connectivity index (χ1n) is 10.1. The minimum absolute atomic E-state index is 0.0235. The molecule has 1 aromatic heterocycles. The number of piperidine rings is 1. The van der Waals surface area contributed by atoms with Gasteiger partial charge in [0.2, 0.25) is 5.91 Å². The smallest absolute Gasteiger partial charge is 0.227 e. The Hall–Kier alpha value is -2.86. The van der Waals surface area contributed by atoms with E-state index in [1.54, 1.807) is 12.4 Å². The van der Waals surface area contributed by atoms with Gasteiger partial charge in [0, 0.05) is 53.3 Å². The number of carbonyl (C=O) groups excluding carboxylic acids is 1. The third kappa shape index (κ3) is 5.39. The molecular formula is C24H24BrN3O2. The van der Waals surface area contributed by atoms with Crippen LogP contribution in [0, 0.1) is 5.92 Å². The van der Waals surface area contributed by atoms with Crippen LogP contribution in [0.5, 0.6) is 5.75 Å². The van der Waals surface area contributed by atoms with Crippen LogP contribution >= 0.6 is 15.9 Å². The maximum atomic E-state index is 12.7.